The summed E-state index contributed by atoms with van der Waals surface area (Å²) < 4.78 is 0.986. The largest absolute Gasteiger partial charge is 0.352 e. The summed E-state index contributed by atoms with van der Waals surface area (Å²) in [6.07, 6.45) is 0.853. The van der Waals surface area contributed by atoms with Gasteiger partial charge in [-0.3, -0.25) is 9.59 Å². The van der Waals surface area contributed by atoms with Gasteiger partial charge in [0.1, 0.15) is 6.04 Å². The second-order valence-electron chi connectivity index (χ2n) is 7.62. The monoisotopic (exact) mass is 490 g/mol. The van der Waals surface area contributed by atoms with E-state index in [0.29, 0.717) is 12.3 Å². The van der Waals surface area contributed by atoms with E-state index in [1.165, 1.54) is 11.1 Å². The number of hydrogen-bond donors (Lipinski definition) is 1. The molecule has 0 aliphatic heterocycles. The summed E-state index contributed by atoms with van der Waals surface area (Å²) in [5, 5.41) is 3.00. The van der Waals surface area contributed by atoms with E-state index in [9.17, 15) is 9.59 Å². The Bertz CT molecular complexity index is 841. The number of benzene rings is 2. The van der Waals surface area contributed by atoms with Crippen LogP contribution in [0.5, 0.6) is 0 Å². The minimum atomic E-state index is -0.533. The van der Waals surface area contributed by atoms with Gasteiger partial charge in [0.2, 0.25) is 11.8 Å². The lowest BCUT2D eigenvalue weighted by atomic mass is 10.1. The van der Waals surface area contributed by atoms with Crippen LogP contribution in [0.3, 0.4) is 0 Å². The summed E-state index contributed by atoms with van der Waals surface area (Å²) >= 11 is 5.02. The number of halogens is 1. The van der Waals surface area contributed by atoms with Gasteiger partial charge in [-0.15, -0.1) is 11.8 Å². The average molecular weight is 491 g/mol. The molecule has 0 aromatic heterocycles. The van der Waals surface area contributed by atoms with Crippen LogP contribution in [0.25, 0.3) is 0 Å². The van der Waals surface area contributed by atoms with Gasteiger partial charge in [-0.1, -0.05) is 64.8 Å². The zero-order valence-corrected chi connectivity index (χ0v) is 20.6. The lowest BCUT2D eigenvalue weighted by Crippen LogP contribution is -2.50. The predicted molar refractivity (Wildman–Crippen MR) is 129 cm³/mol. The minimum Gasteiger partial charge on any atom is -0.352 e. The molecule has 0 unspecified atom stereocenters. The van der Waals surface area contributed by atoms with Crippen LogP contribution in [0.4, 0.5) is 0 Å². The summed E-state index contributed by atoms with van der Waals surface area (Å²) in [5.41, 5.74) is 3.42. The van der Waals surface area contributed by atoms with Gasteiger partial charge < -0.3 is 10.2 Å². The molecule has 0 radical (unpaired) electrons. The topological polar surface area (TPSA) is 49.4 Å². The molecule has 2 aromatic rings. The zero-order valence-electron chi connectivity index (χ0n) is 18.2. The van der Waals surface area contributed by atoms with E-state index in [1.807, 2.05) is 44.2 Å². The highest BCUT2D eigenvalue weighted by atomic mass is 79.9. The highest BCUT2D eigenvalue weighted by molar-refractivity contribution is 9.10. The number of amides is 2. The minimum absolute atomic E-state index is 0.0256. The number of rotatable bonds is 10. The fraction of sp³-hybridized carbons (Fsp3) is 0.417. The number of thioether (sulfide) groups is 1. The molecule has 0 saturated carbocycles. The van der Waals surface area contributed by atoms with Gasteiger partial charge in [0, 0.05) is 22.8 Å². The first-order valence-corrected chi connectivity index (χ1v) is 12.2. The third kappa shape index (κ3) is 7.80. The van der Waals surface area contributed by atoms with Crippen LogP contribution in [0.1, 0.15) is 43.9 Å². The first-order chi connectivity index (χ1) is 14.3. The van der Waals surface area contributed by atoms with Crippen molar-refractivity contribution in [3.05, 3.63) is 69.7 Å². The van der Waals surface area contributed by atoms with Gasteiger partial charge in [-0.2, -0.15) is 0 Å². The van der Waals surface area contributed by atoms with Crippen molar-refractivity contribution in [3.8, 4) is 0 Å². The molecule has 2 amide bonds. The Labute approximate surface area is 192 Å². The second-order valence-corrected chi connectivity index (χ2v) is 9.53. The van der Waals surface area contributed by atoms with Crippen molar-refractivity contribution < 1.29 is 9.59 Å². The number of carbonyl (C=O) groups excluding carboxylic acids is 2. The van der Waals surface area contributed by atoms with Crippen molar-refractivity contribution in [2.75, 3.05) is 5.75 Å². The van der Waals surface area contributed by atoms with E-state index < -0.39 is 6.04 Å². The van der Waals surface area contributed by atoms with E-state index in [0.717, 1.165) is 22.2 Å². The van der Waals surface area contributed by atoms with Gasteiger partial charge >= 0.3 is 0 Å². The van der Waals surface area contributed by atoms with Crippen molar-refractivity contribution in [3.63, 3.8) is 0 Å². The Balaban J connectivity index is 2.07. The zero-order chi connectivity index (χ0) is 22.1. The smallest absolute Gasteiger partial charge is 0.242 e. The molecule has 30 heavy (non-hydrogen) atoms. The Morgan fingerprint density at radius 3 is 2.43 bits per heavy atom. The normalized spacial score (nSPS) is 12.8. The van der Waals surface area contributed by atoms with Crippen molar-refractivity contribution in [2.24, 2.45) is 0 Å². The van der Waals surface area contributed by atoms with Crippen LogP contribution < -0.4 is 5.32 Å². The predicted octanol–water partition coefficient (Wildman–Crippen LogP) is 5.32. The molecule has 4 nitrogen and oxygen atoms in total. The fourth-order valence-electron chi connectivity index (χ4n) is 2.98. The molecule has 0 spiro atoms. The molecular weight excluding hydrogens is 460 g/mol. The van der Waals surface area contributed by atoms with Gasteiger partial charge in [0.05, 0.1) is 5.75 Å². The molecule has 0 aliphatic carbocycles. The van der Waals surface area contributed by atoms with Crippen LogP contribution in [0, 0.1) is 6.92 Å². The molecular formula is C24H31BrN2O2S. The molecule has 0 aliphatic rings. The third-order valence-corrected chi connectivity index (χ3v) is 6.53. The lowest BCUT2D eigenvalue weighted by Gasteiger charge is -2.29. The SMILES string of the molecule is CC[C@H](C)NC(=O)[C@@H](C)N(Cc1ccc(Br)cc1)C(=O)CSCc1cccc(C)c1. The Hall–Kier alpha value is -1.79. The number of aryl methyl sites for hydroxylation is 1. The van der Waals surface area contributed by atoms with Gasteiger partial charge in [0.25, 0.3) is 0 Å². The Morgan fingerprint density at radius 2 is 1.80 bits per heavy atom. The average Bonchev–Trinajstić information content (AvgIpc) is 2.72. The summed E-state index contributed by atoms with van der Waals surface area (Å²) in [4.78, 5) is 27.5. The molecule has 0 bridgehead atoms. The van der Waals surface area contributed by atoms with E-state index in [1.54, 1.807) is 23.6 Å². The quantitative estimate of drug-likeness (QED) is 0.489. The molecule has 0 heterocycles. The van der Waals surface area contributed by atoms with E-state index in [2.05, 4.69) is 46.4 Å². The molecule has 0 saturated heterocycles. The van der Waals surface area contributed by atoms with Crippen LogP contribution >= 0.6 is 27.7 Å². The molecule has 2 atom stereocenters. The molecule has 6 heteroatoms. The molecule has 0 fully saturated rings. The first-order valence-electron chi connectivity index (χ1n) is 10.3. The molecule has 2 aromatic carbocycles. The summed E-state index contributed by atoms with van der Waals surface area (Å²) in [6.45, 7) is 8.29. The Morgan fingerprint density at radius 1 is 1.10 bits per heavy atom. The van der Waals surface area contributed by atoms with Gasteiger partial charge in [0.15, 0.2) is 0 Å². The maximum absolute atomic E-state index is 13.1. The van der Waals surface area contributed by atoms with Gasteiger partial charge in [-0.05, 0) is 50.5 Å². The number of carbonyl (C=O) groups is 2. The fourth-order valence-corrected chi connectivity index (χ4v) is 4.10. The van der Waals surface area contributed by atoms with E-state index in [-0.39, 0.29) is 17.9 Å². The first kappa shape index (κ1) is 24.5. The summed E-state index contributed by atoms with van der Waals surface area (Å²) in [7, 11) is 0. The van der Waals surface area contributed by atoms with Crippen molar-refractivity contribution in [1.29, 1.82) is 0 Å². The lowest BCUT2D eigenvalue weighted by molar-refractivity contribution is -0.138. The van der Waals surface area contributed by atoms with Crippen LogP contribution in [0.15, 0.2) is 53.0 Å². The maximum Gasteiger partial charge on any atom is 0.242 e. The number of nitrogens with one attached hydrogen (secondary N) is 1. The second kappa shape index (κ2) is 12.2. The number of nitrogens with zero attached hydrogens (tertiary/aromatic N) is 1. The molecule has 1 N–H and O–H groups in total. The van der Waals surface area contributed by atoms with Crippen LogP contribution in [-0.4, -0.2) is 34.6 Å². The molecule has 2 rings (SSSR count). The van der Waals surface area contributed by atoms with E-state index in [4.69, 9.17) is 0 Å². The summed E-state index contributed by atoms with van der Waals surface area (Å²) in [5.74, 6) is 0.971. The summed E-state index contributed by atoms with van der Waals surface area (Å²) in [6, 6.07) is 15.7. The maximum atomic E-state index is 13.1. The van der Waals surface area contributed by atoms with Crippen molar-refractivity contribution in [1.82, 2.24) is 10.2 Å². The highest BCUT2D eigenvalue weighted by Gasteiger charge is 2.26. The van der Waals surface area contributed by atoms with Crippen molar-refractivity contribution in [2.45, 2.75) is 58.5 Å². The number of hydrogen-bond acceptors (Lipinski definition) is 3. The van der Waals surface area contributed by atoms with Gasteiger partial charge in [-0.25, -0.2) is 0 Å². The highest BCUT2D eigenvalue weighted by Crippen LogP contribution is 2.18. The van der Waals surface area contributed by atoms with E-state index >= 15 is 0 Å². The van der Waals surface area contributed by atoms with Crippen molar-refractivity contribution >= 4 is 39.5 Å². The van der Waals surface area contributed by atoms with Crippen LogP contribution in [0.2, 0.25) is 0 Å². The standard InChI is InChI=1S/C24H31BrN2O2S/c1-5-18(3)26-24(29)19(4)27(14-20-9-11-22(25)12-10-20)23(28)16-30-15-21-8-6-7-17(2)13-21/h6-13,18-19H,5,14-16H2,1-4H3,(H,26,29)/t18-,19+/m0/s1. The Kier molecular flexibility index (Phi) is 9.92. The molecule has 162 valence electrons. The third-order valence-electron chi connectivity index (χ3n) is 5.01. The van der Waals surface area contributed by atoms with Crippen LogP contribution in [-0.2, 0) is 21.9 Å².